The smallest absolute Gasteiger partial charge is 0.161 e. The second kappa shape index (κ2) is 7.77. The fourth-order valence-electron chi connectivity index (χ4n) is 2.61. The second-order valence-electron chi connectivity index (χ2n) is 5.43. The Kier molecular flexibility index (Phi) is 5.74. The molecule has 0 aliphatic rings. The number of ether oxygens (including phenoxy) is 4. The van der Waals surface area contributed by atoms with Gasteiger partial charge in [-0.25, -0.2) is 0 Å². The third kappa shape index (κ3) is 3.48. The molecule has 1 atom stereocenters. The number of allylic oxidation sites excluding steroid dienone is 1. The van der Waals surface area contributed by atoms with Crippen LogP contribution in [0.15, 0.2) is 43.0 Å². The Balaban J connectivity index is 2.32. The first-order valence-electron chi connectivity index (χ1n) is 7.68. The van der Waals surface area contributed by atoms with Crippen LogP contribution in [0.5, 0.6) is 23.0 Å². The van der Waals surface area contributed by atoms with Gasteiger partial charge in [-0.05, 0) is 41.0 Å². The molecule has 128 valence electrons. The van der Waals surface area contributed by atoms with Crippen molar-refractivity contribution in [1.29, 1.82) is 0 Å². The van der Waals surface area contributed by atoms with E-state index in [1.54, 1.807) is 28.4 Å². The molecule has 2 rings (SSSR count). The summed E-state index contributed by atoms with van der Waals surface area (Å²) < 4.78 is 21.3. The first kappa shape index (κ1) is 17.7. The van der Waals surface area contributed by atoms with Crippen molar-refractivity contribution < 1.29 is 18.9 Å². The van der Waals surface area contributed by atoms with Crippen LogP contribution in [0.1, 0.15) is 24.0 Å². The Morgan fingerprint density at radius 1 is 0.750 bits per heavy atom. The van der Waals surface area contributed by atoms with Gasteiger partial charge in [-0.1, -0.05) is 25.6 Å². The number of methoxy groups -OCH3 is 4. The first-order valence-corrected chi connectivity index (χ1v) is 7.68. The van der Waals surface area contributed by atoms with Crippen molar-refractivity contribution in [2.24, 2.45) is 0 Å². The van der Waals surface area contributed by atoms with Gasteiger partial charge in [0, 0.05) is 5.92 Å². The van der Waals surface area contributed by atoms with Gasteiger partial charge >= 0.3 is 0 Å². The Bertz CT molecular complexity index is 722. The minimum Gasteiger partial charge on any atom is -0.493 e. The monoisotopic (exact) mass is 328 g/mol. The zero-order chi connectivity index (χ0) is 17.7. The van der Waals surface area contributed by atoms with Crippen molar-refractivity contribution in [2.75, 3.05) is 28.4 Å². The van der Waals surface area contributed by atoms with Crippen molar-refractivity contribution in [1.82, 2.24) is 0 Å². The maximum absolute atomic E-state index is 5.39. The minimum atomic E-state index is 0.114. The molecule has 0 fully saturated rings. The Labute approximate surface area is 143 Å². The number of hydrogen-bond donors (Lipinski definition) is 0. The van der Waals surface area contributed by atoms with E-state index in [0.29, 0.717) is 23.0 Å². The Morgan fingerprint density at radius 3 is 1.79 bits per heavy atom. The zero-order valence-corrected chi connectivity index (χ0v) is 14.9. The quantitative estimate of drug-likeness (QED) is 0.748. The third-order valence-electron chi connectivity index (χ3n) is 4.18. The molecule has 2 aromatic carbocycles. The van der Waals surface area contributed by atoms with Crippen LogP contribution >= 0.6 is 0 Å². The predicted octanol–water partition coefficient (Wildman–Crippen LogP) is 4.54. The molecule has 0 aromatic heterocycles. The lowest BCUT2D eigenvalue weighted by Crippen LogP contribution is -2.00. The highest BCUT2D eigenvalue weighted by Crippen LogP contribution is 2.38. The summed E-state index contributed by atoms with van der Waals surface area (Å²) in [6, 6.07) is 11.7. The van der Waals surface area contributed by atoms with Gasteiger partial charge < -0.3 is 18.9 Å². The normalized spacial score (nSPS) is 11.5. The number of rotatable bonds is 7. The van der Waals surface area contributed by atoms with Gasteiger partial charge in [0.1, 0.15) is 0 Å². The number of hydrogen-bond acceptors (Lipinski definition) is 4. The molecule has 24 heavy (non-hydrogen) atoms. The molecule has 0 aliphatic heterocycles. The van der Waals surface area contributed by atoms with Crippen molar-refractivity contribution in [2.45, 2.75) is 12.8 Å². The molecule has 2 aromatic rings. The van der Waals surface area contributed by atoms with Crippen molar-refractivity contribution in [3.63, 3.8) is 0 Å². The third-order valence-corrected chi connectivity index (χ3v) is 4.18. The molecule has 0 bridgehead atoms. The van der Waals surface area contributed by atoms with E-state index in [-0.39, 0.29) is 5.92 Å². The highest BCUT2D eigenvalue weighted by Gasteiger charge is 2.16. The fourth-order valence-corrected chi connectivity index (χ4v) is 2.61. The molecule has 0 radical (unpaired) electrons. The summed E-state index contributed by atoms with van der Waals surface area (Å²) in [4.78, 5) is 0. The van der Waals surface area contributed by atoms with Gasteiger partial charge in [0.05, 0.1) is 28.4 Å². The minimum absolute atomic E-state index is 0.114. The van der Waals surface area contributed by atoms with Gasteiger partial charge in [0.25, 0.3) is 0 Å². The summed E-state index contributed by atoms with van der Waals surface area (Å²) in [6.07, 6.45) is 0. The van der Waals surface area contributed by atoms with E-state index in [9.17, 15) is 0 Å². The van der Waals surface area contributed by atoms with Gasteiger partial charge in [-0.15, -0.1) is 0 Å². The van der Waals surface area contributed by atoms with Gasteiger partial charge in [-0.3, -0.25) is 0 Å². The molecule has 0 unspecified atom stereocenters. The van der Waals surface area contributed by atoms with E-state index in [1.807, 2.05) is 36.4 Å². The van der Waals surface area contributed by atoms with Gasteiger partial charge in [0.2, 0.25) is 0 Å². The van der Waals surface area contributed by atoms with Crippen LogP contribution in [0.2, 0.25) is 0 Å². The lowest BCUT2D eigenvalue weighted by molar-refractivity contribution is 0.354. The van der Waals surface area contributed by atoms with E-state index >= 15 is 0 Å². The van der Waals surface area contributed by atoms with Crippen LogP contribution in [0.25, 0.3) is 5.57 Å². The standard InChI is InChI=1S/C20H24O4/c1-13(15-7-9-17(21-3)19(11-15)23-5)14(2)16-8-10-18(22-4)20(12-16)24-6/h7-12,14H,1H2,2-6H3/t14-/m1/s1. The molecule has 0 N–H and O–H groups in total. The molecular weight excluding hydrogens is 304 g/mol. The molecule has 4 heteroatoms. The number of benzene rings is 2. The van der Waals surface area contributed by atoms with Crippen LogP contribution in [0, 0.1) is 0 Å². The topological polar surface area (TPSA) is 36.9 Å². The van der Waals surface area contributed by atoms with E-state index in [4.69, 9.17) is 18.9 Å². The van der Waals surface area contributed by atoms with Crippen LogP contribution in [-0.2, 0) is 0 Å². The SMILES string of the molecule is C=C(c1ccc(OC)c(OC)c1)[C@@H](C)c1ccc(OC)c(OC)c1. The maximum Gasteiger partial charge on any atom is 0.161 e. The fraction of sp³-hybridized carbons (Fsp3) is 0.300. The van der Waals surface area contributed by atoms with Gasteiger partial charge in [0.15, 0.2) is 23.0 Å². The average Bonchev–Trinajstić information content (AvgIpc) is 2.65. The predicted molar refractivity (Wildman–Crippen MR) is 96.5 cm³/mol. The zero-order valence-electron chi connectivity index (χ0n) is 14.9. The largest absolute Gasteiger partial charge is 0.493 e. The molecule has 4 nitrogen and oxygen atoms in total. The molecule has 0 saturated heterocycles. The van der Waals surface area contributed by atoms with E-state index < -0.39 is 0 Å². The Morgan fingerprint density at radius 2 is 1.25 bits per heavy atom. The molecule has 0 aliphatic carbocycles. The maximum atomic E-state index is 5.39. The summed E-state index contributed by atoms with van der Waals surface area (Å²) in [5.74, 6) is 2.93. The summed E-state index contributed by atoms with van der Waals surface area (Å²) in [5.41, 5.74) is 3.10. The van der Waals surface area contributed by atoms with Crippen LogP contribution < -0.4 is 18.9 Å². The van der Waals surface area contributed by atoms with Crippen LogP contribution in [0.4, 0.5) is 0 Å². The van der Waals surface area contributed by atoms with Gasteiger partial charge in [-0.2, -0.15) is 0 Å². The molecule has 0 spiro atoms. The summed E-state index contributed by atoms with van der Waals surface area (Å²) in [6.45, 7) is 6.37. The average molecular weight is 328 g/mol. The molecule has 0 amide bonds. The second-order valence-corrected chi connectivity index (χ2v) is 5.43. The highest BCUT2D eigenvalue weighted by molar-refractivity contribution is 5.71. The van der Waals surface area contributed by atoms with Crippen molar-refractivity contribution in [3.8, 4) is 23.0 Å². The van der Waals surface area contributed by atoms with Crippen LogP contribution in [-0.4, -0.2) is 28.4 Å². The van der Waals surface area contributed by atoms with E-state index in [1.165, 1.54) is 0 Å². The Hall–Kier alpha value is -2.62. The van der Waals surface area contributed by atoms with Crippen LogP contribution in [0.3, 0.4) is 0 Å². The summed E-state index contributed by atoms with van der Waals surface area (Å²) >= 11 is 0. The first-order chi connectivity index (χ1) is 11.5. The lowest BCUT2D eigenvalue weighted by atomic mass is 9.89. The highest BCUT2D eigenvalue weighted by atomic mass is 16.5. The lowest BCUT2D eigenvalue weighted by Gasteiger charge is -2.18. The summed E-state index contributed by atoms with van der Waals surface area (Å²) in [5, 5.41) is 0. The van der Waals surface area contributed by atoms with Crippen molar-refractivity contribution >= 4 is 5.57 Å². The molecule has 0 heterocycles. The summed E-state index contributed by atoms with van der Waals surface area (Å²) in [7, 11) is 6.51. The molecule has 0 saturated carbocycles. The van der Waals surface area contributed by atoms with Crippen molar-refractivity contribution in [3.05, 3.63) is 54.1 Å². The molecular formula is C20H24O4. The van der Waals surface area contributed by atoms with E-state index in [0.717, 1.165) is 16.7 Å². The van der Waals surface area contributed by atoms with E-state index in [2.05, 4.69) is 13.5 Å².